The fourth-order valence-electron chi connectivity index (χ4n) is 1.44. The van der Waals surface area contributed by atoms with Crippen LogP contribution in [0, 0.1) is 0 Å². The molecular weight excluding hydrogens is 235 g/mol. The minimum atomic E-state index is 0. The van der Waals surface area contributed by atoms with E-state index < -0.39 is 0 Å². The number of unbranched alkanes of at least 4 members (excludes halogenated alkanes) is 8. The van der Waals surface area contributed by atoms with E-state index in [1.54, 1.807) is 0 Å². The van der Waals surface area contributed by atoms with Gasteiger partial charge in [0.15, 0.2) is 0 Å². The Morgan fingerprint density at radius 3 is 1.43 bits per heavy atom. The Bertz CT molecular complexity index is 86.7. The Morgan fingerprint density at radius 2 is 1.07 bits per heavy atom. The molecule has 0 spiro atoms. The summed E-state index contributed by atoms with van der Waals surface area (Å²) in [6.45, 7) is 0.366. The van der Waals surface area contributed by atoms with Gasteiger partial charge >= 0.3 is 18.9 Å². The van der Waals surface area contributed by atoms with Gasteiger partial charge in [0.05, 0.1) is 0 Å². The maximum atomic E-state index is 8.56. The minimum Gasteiger partial charge on any atom is -1.00 e. The van der Waals surface area contributed by atoms with Gasteiger partial charge in [0, 0.05) is 11.9 Å². The summed E-state index contributed by atoms with van der Waals surface area (Å²) in [6.07, 6.45) is 11.7. The number of halogens is 1. The molecule has 0 aliphatic carbocycles. The second kappa shape index (κ2) is 16.5. The van der Waals surface area contributed by atoms with Gasteiger partial charge in [0.2, 0.25) is 0 Å². The zero-order valence-corrected chi connectivity index (χ0v) is 11.2. The molecule has 0 atom stereocenters. The van der Waals surface area contributed by atoms with E-state index in [9.17, 15) is 0 Å². The van der Waals surface area contributed by atoms with Crippen LogP contribution in [0.3, 0.4) is 0 Å². The van der Waals surface area contributed by atoms with Crippen molar-refractivity contribution in [2.24, 2.45) is 0 Å². The van der Waals surface area contributed by atoms with Crippen LogP contribution in [0.4, 0.5) is 0 Å². The molecule has 0 rings (SSSR count). The van der Waals surface area contributed by atoms with Gasteiger partial charge in [-0.3, -0.25) is 0 Å². The van der Waals surface area contributed by atoms with Gasteiger partial charge in [-0.2, -0.15) is 0 Å². The fourth-order valence-corrected chi connectivity index (χ4v) is 1.84. The van der Waals surface area contributed by atoms with Crippen molar-refractivity contribution < 1.29 is 25.4 Å². The van der Waals surface area contributed by atoms with Crippen molar-refractivity contribution >= 4 is 15.9 Å². The molecule has 0 aliphatic rings. The second-order valence-corrected chi connectivity index (χ2v) is 4.39. The molecule has 3 heteroatoms. The molecule has 0 aromatic carbocycles. The summed E-state index contributed by atoms with van der Waals surface area (Å²) in [6, 6.07) is 0. The molecule has 82 valence electrons. The quantitative estimate of drug-likeness (QED) is 0.352. The second-order valence-electron chi connectivity index (χ2n) is 3.59. The summed E-state index contributed by atoms with van der Waals surface area (Å²) >= 11 is 3.44. The van der Waals surface area contributed by atoms with Crippen LogP contribution in [-0.2, 0) is 0 Å². The van der Waals surface area contributed by atoms with Crippen LogP contribution >= 0.6 is 15.9 Å². The molecular formula is C11H24BrLiO. The third-order valence-electron chi connectivity index (χ3n) is 2.29. The van der Waals surface area contributed by atoms with Gasteiger partial charge in [0.25, 0.3) is 0 Å². The van der Waals surface area contributed by atoms with E-state index in [4.69, 9.17) is 5.11 Å². The molecule has 0 aromatic heterocycles. The largest absolute Gasteiger partial charge is 1.00 e. The van der Waals surface area contributed by atoms with Crippen molar-refractivity contribution in [2.75, 3.05) is 11.9 Å². The molecule has 0 aliphatic heterocycles. The summed E-state index contributed by atoms with van der Waals surface area (Å²) in [5.74, 6) is 0. The van der Waals surface area contributed by atoms with E-state index in [1.165, 1.54) is 51.4 Å². The van der Waals surface area contributed by atoms with Crippen LogP contribution < -0.4 is 18.9 Å². The molecule has 0 saturated heterocycles. The van der Waals surface area contributed by atoms with E-state index in [-0.39, 0.29) is 20.3 Å². The van der Waals surface area contributed by atoms with Gasteiger partial charge in [-0.05, 0) is 12.8 Å². The summed E-state index contributed by atoms with van der Waals surface area (Å²) < 4.78 is 0. The Kier molecular flexibility index (Phi) is 20.5. The normalized spacial score (nSPS) is 9.86. The molecule has 0 aromatic rings. The first-order valence-corrected chi connectivity index (χ1v) is 6.70. The molecule has 0 unspecified atom stereocenters. The third-order valence-corrected chi connectivity index (χ3v) is 2.85. The minimum absolute atomic E-state index is 0. The predicted octanol–water partition coefficient (Wildman–Crippen LogP) is 1.00. The van der Waals surface area contributed by atoms with E-state index in [0.717, 1.165) is 11.8 Å². The zero-order chi connectivity index (χ0) is 9.78. The van der Waals surface area contributed by atoms with Crippen molar-refractivity contribution in [2.45, 2.75) is 57.8 Å². The van der Waals surface area contributed by atoms with Crippen molar-refractivity contribution in [1.82, 2.24) is 0 Å². The summed E-state index contributed by atoms with van der Waals surface area (Å²) in [5, 5.41) is 9.72. The zero-order valence-electron chi connectivity index (χ0n) is 10.6. The van der Waals surface area contributed by atoms with Crippen molar-refractivity contribution in [3.8, 4) is 0 Å². The Hall–Kier alpha value is 1.04. The third kappa shape index (κ3) is 15.5. The number of alkyl halides is 1. The standard InChI is InChI=1S/C11H23BrO.Li.H/c12-10-8-6-4-2-1-3-5-7-9-11-13;;/h13H,1-11H2;;/q;+1;-1. The topological polar surface area (TPSA) is 20.2 Å². The molecule has 0 heterocycles. The number of aliphatic hydroxyl groups excluding tert-OH is 1. The first-order valence-electron chi connectivity index (χ1n) is 5.58. The summed E-state index contributed by atoms with van der Waals surface area (Å²) in [7, 11) is 0. The van der Waals surface area contributed by atoms with Gasteiger partial charge in [-0.15, -0.1) is 0 Å². The van der Waals surface area contributed by atoms with E-state index in [1.807, 2.05) is 0 Å². The van der Waals surface area contributed by atoms with Gasteiger partial charge in [-0.25, -0.2) is 0 Å². The van der Waals surface area contributed by atoms with Crippen molar-refractivity contribution in [3.05, 3.63) is 0 Å². The van der Waals surface area contributed by atoms with Crippen molar-refractivity contribution in [3.63, 3.8) is 0 Å². The average Bonchev–Trinajstić information content (AvgIpc) is 2.16. The Balaban J connectivity index is -0.000000720. The van der Waals surface area contributed by atoms with Crippen LogP contribution in [-0.4, -0.2) is 17.0 Å². The monoisotopic (exact) mass is 258 g/mol. The summed E-state index contributed by atoms with van der Waals surface area (Å²) in [5.41, 5.74) is 0. The number of hydrogen-bond donors (Lipinski definition) is 1. The van der Waals surface area contributed by atoms with Gasteiger partial charge < -0.3 is 6.53 Å². The predicted molar refractivity (Wildman–Crippen MR) is 63.5 cm³/mol. The van der Waals surface area contributed by atoms with Crippen molar-refractivity contribution in [1.29, 1.82) is 0 Å². The van der Waals surface area contributed by atoms with Crippen LogP contribution in [0.25, 0.3) is 0 Å². The summed E-state index contributed by atoms with van der Waals surface area (Å²) in [4.78, 5) is 0. The number of rotatable bonds is 10. The Morgan fingerprint density at radius 1 is 0.714 bits per heavy atom. The van der Waals surface area contributed by atoms with Gasteiger partial charge in [-0.1, -0.05) is 60.9 Å². The van der Waals surface area contributed by atoms with Crippen LogP contribution in [0.1, 0.15) is 59.2 Å². The first-order chi connectivity index (χ1) is 6.41. The molecule has 0 amide bonds. The Labute approximate surface area is 111 Å². The SMILES string of the molecule is OCCCCCCCCCCCBr.[H-].[Li+]. The molecule has 0 fully saturated rings. The van der Waals surface area contributed by atoms with E-state index >= 15 is 0 Å². The number of hydrogen-bond acceptors (Lipinski definition) is 1. The maximum Gasteiger partial charge on any atom is 1.00 e. The molecule has 14 heavy (non-hydrogen) atoms. The molecule has 1 N–H and O–H groups in total. The van der Waals surface area contributed by atoms with E-state index in [2.05, 4.69) is 15.9 Å². The fraction of sp³-hybridized carbons (Fsp3) is 1.00. The van der Waals surface area contributed by atoms with Gasteiger partial charge in [0.1, 0.15) is 0 Å². The maximum absolute atomic E-state index is 8.56. The van der Waals surface area contributed by atoms with Crippen LogP contribution in [0.5, 0.6) is 0 Å². The number of aliphatic hydroxyl groups is 1. The molecule has 1 nitrogen and oxygen atoms in total. The molecule has 0 saturated carbocycles. The van der Waals surface area contributed by atoms with Crippen LogP contribution in [0.15, 0.2) is 0 Å². The molecule has 0 bridgehead atoms. The molecule has 0 radical (unpaired) electrons. The smallest absolute Gasteiger partial charge is 1.00 e. The average molecular weight is 259 g/mol. The van der Waals surface area contributed by atoms with Crippen LogP contribution in [0.2, 0.25) is 0 Å². The first kappa shape index (κ1) is 17.4. The van der Waals surface area contributed by atoms with E-state index in [0.29, 0.717) is 6.61 Å².